The second-order valence-corrected chi connectivity index (χ2v) is 7.15. The molecule has 19 heavy (non-hydrogen) atoms. The Morgan fingerprint density at radius 2 is 2.47 bits per heavy atom. The van der Waals surface area contributed by atoms with Gasteiger partial charge in [-0.2, -0.15) is 28.6 Å². The Kier molecular flexibility index (Phi) is 5.45. The van der Waals surface area contributed by atoms with Crippen LogP contribution in [0.25, 0.3) is 0 Å². The zero-order chi connectivity index (χ0) is 13.7. The van der Waals surface area contributed by atoms with E-state index in [-0.39, 0.29) is 12.1 Å². The van der Waals surface area contributed by atoms with Gasteiger partial charge in [-0.1, -0.05) is 0 Å². The molecule has 1 aromatic heterocycles. The van der Waals surface area contributed by atoms with E-state index in [2.05, 4.69) is 15.7 Å². The fraction of sp³-hybridized carbons (Fsp3) is 0.667. The second kappa shape index (κ2) is 7.09. The Morgan fingerprint density at radius 3 is 3.11 bits per heavy atom. The number of carbonyl (C=O) groups is 1. The second-order valence-electron chi connectivity index (χ2n) is 4.59. The molecular formula is C12H20N4OS2. The van der Waals surface area contributed by atoms with Gasteiger partial charge in [0, 0.05) is 47.9 Å². The molecule has 0 saturated carbocycles. The van der Waals surface area contributed by atoms with E-state index in [9.17, 15) is 4.79 Å². The van der Waals surface area contributed by atoms with E-state index in [1.165, 1.54) is 11.5 Å². The zero-order valence-electron chi connectivity index (χ0n) is 11.3. The summed E-state index contributed by atoms with van der Waals surface area (Å²) >= 11 is 3.91. The summed E-state index contributed by atoms with van der Waals surface area (Å²) in [4.78, 5) is 11.8. The molecule has 0 aliphatic carbocycles. The van der Waals surface area contributed by atoms with E-state index in [0.29, 0.717) is 5.25 Å². The van der Waals surface area contributed by atoms with E-state index >= 15 is 0 Å². The lowest BCUT2D eigenvalue weighted by Crippen LogP contribution is -2.41. The first kappa shape index (κ1) is 14.6. The quantitative estimate of drug-likeness (QED) is 0.887. The Morgan fingerprint density at radius 1 is 1.63 bits per heavy atom. The van der Waals surface area contributed by atoms with Gasteiger partial charge < -0.3 is 10.6 Å². The number of carbonyl (C=O) groups excluding carboxylic acids is 1. The van der Waals surface area contributed by atoms with Crippen molar-refractivity contribution >= 4 is 29.6 Å². The van der Waals surface area contributed by atoms with E-state index in [1.54, 1.807) is 10.9 Å². The monoisotopic (exact) mass is 300 g/mol. The fourth-order valence-electron chi connectivity index (χ4n) is 1.86. The van der Waals surface area contributed by atoms with Crippen molar-refractivity contribution in [2.24, 2.45) is 7.05 Å². The summed E-state index contributed by atoms with van der Waals surface area (Å²) in [7, 11) is 1.87. The highest BCUT2D eigenvalue weighted by Gasteiger charge is 2.16. The minimum absolute atomic E-state index is 0.0258. The van der Waals surface area contributed by atoms with Gasteiger partial charge in [-0.3, -0.25) is 4.68 Å². The summed E-state index contributed by atoms with van der Waals surface area (Å²) in [6.07, 6.45) is 3.69. The van der Waals surface area contributed by atoms with Crippen LogP contribution < -0.4 is 10.6 Å². The predicted molar refractivity (Wildman–Crippen MR) is 81.7 cm³/mol. The third kappa shape index (κ3) is 4.65. The van der Waals surface area contributed by atoms with Crippen molar-refractivity contribution in [3.05, 3.63) is 18.0 Å². The van der Waals surface area contributed by atoms with Crippen LogP contribution in [0.5, 0.6) is 0 Å². The summed E-state index contributed by atoms with van der Waals surface area (Å²) < 4.78 is 1.74. The van der Waals surface area contributed by atoms with Gasteiger partial charge >= 0.3 is 6.03 Å². The molecule has 0 aromatic carbocycles. The molecule has 2 amide bonds. The lowest BCUT2D eigenvalue weighted by atomic mass is 10.2. The standard InChI is InChI=1S/C12H20N4OS2/c1-9(10-5-14-16(2)7-10)15-12(17)13-6-11-8-18-3-4-19-11/h5,7,9,11H,3-4,6,8H2,1-2H3,(H2,13,15,17)/t9-,11+/m0/s1. The number of hydrogen-bond acceptors (Lipinski definition) is 4. The van der Waals surface area contributed by atoms with E-state index in [0.717, 1.165) is 17.9 Å². The van der Waals surface area contributed by atoms with Crippen LogP contribution in [-0.2, 0) is 7.05 Å². The summed E-state index contributed by atoms with van der Waals surface area (Å²) in [5, 5.41) is 10.5. The number of urea groups is 1. The lowest BCUT2D eigenvalue weighted by molar-refractivity contribution is 0.238. The van der Waals surface area contributed by atoms with Gasteiger partial charge in [-0.05, 0) is 6.92 Å². The topological polar surface area (TPSA) is 59.0 Å². The van der Waals surface area contributed by atoms with Crippen LogP contribution in [0, 0.1) is 0 Å². The molecule has 7 heteroatoms. The molecule has 0 spiro atoms. The van der Waals surface area contributed by atoms with Crippen LogP contribution in [0.1, 0.15) is 18.5 Å². The van der Waals surface area contributed by atoms with Crippen LogP contribution in [0.4, 0.5) is 4.79 Å². The third-order valence-electron chi connectivity index (χ3n) is 2.95. The van der Waals surface area contributed by atoms with Gasteiger partial charge in [-0.25, -0.2) is 4.79 Å². The molecule has 2 atom stereocenters. The summed E-state index contributed by atoms with van der Waals surface area (Å²) in [6, 6.07) is -0.130. The number of nitrogens with zero attached hydrogens (tertiary/aromatic N) is 2. The molecule has 0 bridgehead atoms. The molecule has 1 saturated heterocycles. The van der Waals surface area contributed by atoms with Crippen LogP contribution >= 0.6 is 23.5 Å². The molecule has 1 aliphatic heterocycles. The third-order valence-corrected chi connectivity index (χ3v) is 5.79. The maximum absolute atomic E-state index is 11.8. The molecule has 2 rings (SSSR count). The molecule has 0 unspecified atom stereocenters. The molecule has 2 heterocycles. The van der Waals surface area contributed by atoms with Crippen molar-refractivity contribution in [3.63, 3.8) is 0 Å². The van der Waals surface area contributed by atoms with Crippen molar-refractivity contribution in [1.82, 2.24) is 20.4 Å². The number of nitrogens with one attached hydrogen (secondary N) is 2. The van der Waals surface area contributed by atoms with Crippen LogP contribution in [0.3, 0.4) is 0 Å². The maximum atomic E-state index is 11.8. The Labute approximate surface area is 122 Å². The summed E-state index contributed by atoms with van der Waals surface area (Å²) in [5.41, 5.74) is 1.01. The summed E-state index contributed by atoms with van der Waals surface area (Å²) in [6.45, 7) is 2.70. The number of thioether (sulfide) groups is 2. The lowest BCUT2D eigenvalue weighted by Gasteiger charge is -2.21. The van der Waals surface area contributed by atoms with Gasteiger partial charge in [-0.15, -0.1) is 0 Å². The average molecular weight is 300 g/mol. The van der Waals surface area contributed by atoms with Crippen LogP contribution in [0.2, 0.25) is 0 Å². The number of hydrogen-bond donors (Lipinski definition) is 2. The highest BCUT2D eigenvalue weighted by atomic mass is 32.2. The molecule has 1 aliphatic rings. The van der Waals surface area contributed by atoms with Crippen molar-refractivity contribution in [3.8, 4) is 0 Å². The highest BCUT2D eigenvalue weighted by Crippen LogP contribution is 2.23. The van der Waals surface area contributed by atoms with Gasteiger partial charge in [0.05, 0.1) is 12.2 Å². The fourth-order valence-corrected chi connectivity index (χ4v) is 4.47. The number of amides is 2. The molecule has 5 nitrogen and oxygen atoms in total. The molecule has 1 fully saturated rings. The van der Waals surface area contributed by atoms with Crippen LogP contribution in [-0.4, -0.2) is 44.9 Å². The van der Waals surface area contributed by atoms with Crippen molar-refractivity contribution < 1.29 is 4.79 Å². The smallest absolute Gasteiger partial charge is 0.315 e. The van der Waals surface area contributed by atoms with Gasteiger partial charge in [0.15, 0.2) is 0 Å². The molecule has 106 valence electrons. The number of aryl methyl sites for hydroxylation is 1. The first-order valence-corrected chi connectivity index (χ1v) is 8.58. The Hall–Kier alpha value is -0.820. The van der Waals surface area contributed by atoms with Crippen molar-refractivity contribution in [1.29, 1.82) is 0 Å². The van der Waals surface area contributed by atoms with E-state index in [1.807, 2.05) is 43.7 Å². The molecule has 2 N–H and O–H groups in total. The number of rotatable bonds is 4. The summed E-state index contributed by atoms with van der Waals surface area (Å²) in [5.74, 6) is 3.54. The molecule has 0 radical (unpaired) electrons. The Balaban J connectivity index is 1.71. The largest absolute Gasteiger partial charge is 0.337 e. The van der Waals surface area contributed by atoms with Gasteiger partial charge in [0.2, 0.25) is 0 Å². The minimum atomic E-state index is -0.104. The van der Waals surface area contributed by atoms with Crippen molar-refractivity contribution in [2.75, 3.05) is 23.8 Å². The van der Waals surface area contributed by atoms with Crippen molar-refractivity contribution in [2.45, 2.75) is 18.2 Å². The normalized spacial score (nSPS) is 20.8. The maximum Gasteiger partial charge on any atom is 0.315 e. The molecule has 1 aromatic rings. The zero-order valence-corrected chi connectivity index (χ0v) is 12.9. The molecular weight excluding hydrogens is 280 g/mol. The van der Waals surface area contributed by atoms with Gasteiger partial charge in [0.1, 0.15) is 0 Å². The van der Waals surface area contributed by atoms with E-state index < -0.39 is 0 Å². The highest BCUT2D eigenvalue weighted by molar-refractivity contribution is 8.06. The van der Waals surface area contributed by atoms with Gasteiger partial charge in [0.25, 0.3) is 0 Å². The predicted octanol–water partition coefficient (Wildman–Crippen LogP) is 1.63. The average Bonchev–Trinajstić information content (AvgIpc) is 2.84. The first-order chi connectivity index (χ1) is 9.15. The first-order valence-electron chi connectivity index (χ1n) is 6.37. The number of aromatic nitrogens is 2. The SMILES string of the molecule is C[C@H](NC(=O)NC[C@@H]1CSCCS1)c1cnn(C)c1. The minimum Gasteiger partial charge on any atom is -0.337 e. The van der Waals surface area contributed by atoms with E-state index in [4.69, 9.17) is 0 Å². The Bertz CT molecular complexity index is 418. The van der Waals surface area contributed by atoms with Crippen LogP contribution in [0.15, 0.2) is 12.4 Å².